The lowest BCUT2D eigenvalue weighted by atomic mass is 9.99. The molecule has 0 radical (unpaired) electrons. The molecular formula is C25H23IN2O3. The van der Waals surface area contributed by atoms with Crippen molar-refractivity contribution in [2.45, 2.75) is 22.9 Å². The summed E-state index contributed by atoms with van der Waals surface area (Å²) < 4.78 is 6.84. The maximum absolute atomic E-state index is 14.0. The topological polar surface area (TPSA) is 51.5 Å². The van der Waals surface area contributed by atoms with Crippen molar-refractivity contribution in [1.29, 1.82) is 0 Å². The highest BCUT2D eigenvalue weighted by molar-refractivity contribution is 14.1. The molecule has 158 valence electrons. The zero-order valence-corrected chi connectivity index (χ0v) is 19.5. The number of carbonyl (C=O) groups excluding carboxylic acids is 1. The summed E-state index contributed by atoms with van der Waals surface area (Å²) in [5.74, 6) is -0.0402. The van der Waals surface area contributed by atoms with Crippen molar-refractivity contribution < 1.29 is 9.53 Å². The van der Waals surface area contributed by atoms with E-state index in [4.69, 9.17) is 4.74 Å². The van der Waals surface area contributed by atoms with Crippen molar-refractivity contribution >= 4 is 28.5 Å². The van der Waals surface area contributed by atoms with E-state index in [9.17, 15) is 9.59 Å². The van der Waals surface area contributed by atoms with Crippen LogP contribution in [0.4, 0.5) is 0 Å². The number of methoxy groups -OCH3 is 1. The predicted molar refractivity (Wildman–Crippen MR) is 130 cm³/mol. The summed E-state index contributed by atoms with van der Waals surface area (Å²) in [6.45, 7) is 1.65. The van der Waals surface area contributed by atoms with E-state index < -0.39 is 0 Å². The smallest absolute Gasteiger partial charge is 0.259 e. The van der Waals surface area contributed by atoms with Gasteiger partial charge < -0.3 is 14.2 Å². The molecule has 0 saturated carbocycles. The van der Waals surface area contributed by atoms with Gasteiger partial charge in [-0.25, -0.2) is 0 Å². The normalized spacial score (nSPS) is 19.4. The minimum atomic E-state index is -0.373. The number of fused-ring (bicyclic) bond motifs is 3. The molecule has 5 rings (SSSR count). The Bertz CT molecular complexity index is 1220. The molecule has 2 aliphatic heterocycles. The molecule has 3 heterocycles. The van der Waals surface area contributed by atoms with Crippen molar-refractivity contribution in [2.75, 3.05) is 20.3 Å². The quantitative estimate of drug-likeness (QED) is 0.223. The second kappa shape index (κ2) is 7.91. The summed E-state index contributed by atoms with van der Waals surface area (Å²) >= 11 is 2.36. The third kappa shape index (κ3) is 3.32. The van der Waals surface area contributed by atoms with E-state index in [1.807, 2.05) is 59.5 Å². The third-order valence-corrected chi connectivity index (χ3v) is 7.67. The predicted octanol–water partition coefficient (Wildman–Crippen LogP) is 4.56. The molecule has 1 atom stereocenters. The molecule has 1 fully saturated rings. The van der Waals surface area contributed by atoms with Crippen molar-refractivity contribution in [1.82, 2.24) is 9.47 Å². The number of hydrogen-bond donors (Lipinski definition) is 0. The Kier molecular flexibility index (Phi) is 5.22. The van der Waals surface area contributed by atoms with E-state index in [-0.39, 0.29) is 15.0 Å². The molecule has 6 heteroatoms. The van der Waals surface area contributed by atoms with E-state index in [2.05, 4.69) is 22.6 Å². The van der Waals surface area contributed by atoms with E-state index in [1.54, 1.807) is 17.7 Å². The molecule has 3 aromatic rings. The minimum absolute atomic E-state index is 0.0402. The highest BCUT2D eigenvalue weighted by Crippen LogP contribution is 2.40. The molecule has 0 bridgehead atoms. The summed E-state index contributed by atoms with van der Waals surface area (Å²) in [6, 6.07) is 19.4. The van der Waals surface area contributed by atoms with E-state index in [0.717, 1.165) is 35.2 Å². The molecule has 1 amide bonds. The number of carbonyl (C=O) groups is 1. The summed E-state index contributed by atoms with van der Waals surface area (Å²) in [5.41, 5.74) is 4.67. The number of hydrogen-bond acceptors (Lipinski definition) is 3. The molecular weight excluding hydrogens is 503 g/mol. The zero-order valence-electron chi connectivity index (χ0n) is 17.3. The summed E-state index contributed by atoms with van der Waals surface area (Å²) in [5, 5.41) is 0. The number of ether oxygens (including phenoxy) is 1. The van der Waals surface area contributed by atoms with Gasteiger partial charge in [0, 0.05) is 24.8 Å². The number of alkyl halides is 1. The van der Waals surface area contributed by atoms with Gasteiger partial charge in [-0.05, 0) is 30.0 Å². The SMILES string of the molecule is COCC1(I)CCCN1C(=O)c1cc(-c2ccccc2)c(=O)n2c1-c1ccccc1C2. The van der Waals surface area contributed by atoms with Crippen LogP contribution in [0.15, 0.2) is 65.5 Å². The van der Waals surface area contributed by atoms with Crippen molar-refractivity contribution in [3.63, 3.8) is 0 Å². The molecule has 0 aliphatic carbocycles. The lowest BCUT2D eigenvalue weighted by Gasteiger charge is -2.33. The Balaban J connectivity index is 1.73. The Morgan fingerprint density at radius 3 is 2.61 bits per heavy atom. The van der Waals surface area contributed by atoms with Gasteiger partial charge in [0.1, 0.15) is 3.55 Å². The molecule has 31 heavy (non-hydrogen) atoms. The minimum Gasteiger partial charge on any atom is -0.381 e. The second-order valence-electron chi connectivity index (χ2n) is 8.15. The van der Waals surface area contributed by atoms with Gasteiger partial charge in [0.05, 0.1) is 24.4 Å². The van der Waals surface area contributed by atoms with Crippen LogP contribution >= 0.6 is 22.6 Å². The first-order valence-electron chi connectivity index (χ1n) is 10.4. The lowest BCUT2D eigenvalue weighted by Crippen LogP contribution is -2.46. The average molecular weight is 526 g/mol. The number of likely N-dealkylation sites (tertiary alicyclic amines) is 1. The molecule has 0 spiro atoms. The maximum Gasteiger partial charge on any atom is 0.259 e. The summed E-state index contributed by atoms with van der Waals surface area (Å²) in [7, 11) is 1.67. The van der Waals surface area contributed by atoms with Gasteiger partial charge in [-0.15, -0.1) is 0 Å². The van der Waals surface area contributed by atoms with Gasteiger partial charge in [-0.3, -0.25) is 9.59 Å². The van der Waals surface area contributed by atoms with E-state index in [1.165, 1.54) is 0 Å². The first kappa shape index (κ1) is 20.5. The average Bonchev–Trinajstić information content (AvgIpc) is 3.36. The molecule has 5 nitrogen and oxygen atoms in total. The number of aromatic nitrogens is 1. The van der Waals surface area contributed by atoms with Crippen LogP contribution in [-0.4, -0.2) is 39.2 Å². The second-order valence-corrected chi connectivity index (χ2v) is 10.2. The van der Waals surface area contributed by atoms with Crippen LogP contribution in [0, 0.1) is 0 Å². The van der Waals surface area contributed by atoms with Gasteiger partial charge >= 0.3 is 0 Å². The van der Waals surface area contributed by atoms with Gasteiger partial charge in [0.15, 0.2) is 0 Å². The molecule has 2 aromatic carbocycles. The largest absolute Gasteiger partial charge is 0.381 e. The number of benzene rings is 2. The molecule has 0 N–H and O–H groups in total. The summed E-state index contributed by atoms with van der Waals surface area (Å²) in [6.07, 6.45) is 1.83. The first-order valence-corrected chi connectivity index (χ1v) is 11.5. The Morgan fingerprint density at radius 1 is 1.10 bits per heavy atom. The van der Waals surface area contributed by atoms with Crippen LogP contribution in [0.25, 0.3) is 22.4 Å². The fourth-order valence-corrected chi connectivity index (χ4v) is 5.95. The van der Waals surface area contributed by atoms with Gasteiger partial charge in [-0.2, -0.15) is 0 Å². The zero-order chi connectivity index (χ0) is 21.6. The number of halogens is 1. The molecule has 2 aliphatic rings. The van der Waals surface area contributed by atoms with Gasteiger partial charge in [0.2, 0.25) is 0 Å². The van der Waals surface area contributed by atoms with E-state index in [0.29, 0.717) is 30.8 Å². The third-order valence-electron chi connectivity index (χ3n) is 6.24. The van der Waals surface area contributed by atoms with Crippen LogP contribution in [0.1, 0.15) is 28.8 Å². The number of pyridine rings is 1. The highest BCUT2D eigenvalue weighted by Gasteiger charge is 2.43. The molecule has 1 unspecified atom stereocenters. The monoisotopic (exact) mass is 526 g/mol. The Hall–Kier alpha value is -2.45. The van der Waals surface area contributed by atoms with Crippen LogP contribution in [0.3, 0.4) is 0 Å². The maximum atomic E-state index is 14.0. The molecule has 1 saturated heterocycles. The van der Waals surface area contributed by atoms with Gasteiger partial charge in [-0.1, -0.05) is 77.2 Å². The Morgan fingerprint density at radius 2 is 1.84 bits per heavy atom. The van der Waals surface area contributed by atoms with Crippen molar-refractivity contribution in [3.8, 4) is 22.4 Å². The fourth-order valence-electron chi connectivity index (χ4n) is 4.80. The standard InChI is InChI=1S/C25H23IN2O3/c1-31-16-25(26)12-7-13-28(25)24(30)21-14-20(17-8-3-2-4-9-17)23(29)27-15-18-10-5-6-11-19(18)22(21)27/h2-6,8-11,14H,7,12-13,15-16H2,1H3. The van der Waals surface area contributed by atoms with Crippen LogP contribution in [0.5, 0.6) is 0 Å². The fraction of sp³-hybridized carbons (Fsp3) is 0.280. The number of nitrogens with zero attached hydrogens (tertiary/aromatic N) is 2. The highest BCUT2D eigenvalue weighted by atomic mass is 127. The van der Waals surface area contributed by atoms with Crippen molar-refractivity contribution in [2.24, 2.45) is 0 Å². The van der Waals surface area contributed by atoms with Gasteiger partial charge in [0.25, 0.3) is 11.5 Å². The van der Waals surface area contributed by atoms with Crippen LogP contribution < -0.4 is 5.56 Å². The van der Waals surface area contributed by atoms with Crippen LogP contribution in [-0.2, 0) is 11.3 Å². The molecule has 1 aromatic heterocycles. The van der Waals surface area contributed by atoms with Crippen molar-refractivity contribution in [3.05, 3.63) is 82.1 Å². The summed E-state index contributed by atoms with van der Waals surface area (Å²) in [4.78, 5) is 29.3. The Labute approximate surface area is 194 Å². The van der Waals surface area contributed by atoms with Crippen LogP contribution in [0.2, 0.25) is 0 Å². The van der Waals surface area contributed by atoms with E-state index >= 15 is 0 Å². The number of amides is 1. The number of rotatable bonds is 4. The lowest BCUT2D eigenvalue weighted by molar-refractivity contribution is 0.0601. The first-order chi connectivity index (χ1) is 15.0.